The molecular weight excluding hydrogens is 316 g/mol. The van der Waals surface area contributed by atoms with Crippen molar-refractivity contribution < 1.29 is 14.3 Å². The van der Waals surface area contributed by atoms with Crippen molar-refractivity contribution in [2.45, 2.75) is 12.8 Å². The molecule has 128 valence electrons. The number of rotatable bonds is 4. The fraction of sp³-hybridized carbons (Fsp3) is 0.588. The highest BCUT2D eigenvalue weighted by Gasteiger charge is 2.18. The van der Waals surface area contributed by atoms with Crippen molar-refractivity contribution in [3.05, 3.63) is 29.8 Å². The van der Waals surface area contributed by atoms with Gasteiger partial charge in [0.2, 0.25) is 0 Å². The highest BCUT2D eigenvalue weighted by atomic mass is 35.5. The van der Waals surface area contributed by atoms with Gasteiger partial charge in [0.25, 0.3) is 5.91 Å². The molecule has 1 unspecified atom stereocenters. The third kappa shape index (κ3) is 5.09. The van der Waals surface area contributed by atoms with Gasteiger partial charge in [-0.25, -0.2) is 0 Å². The van der Waals surface area contributed by atoms with E-state index in [1.54, 1.807) is 0 Å². The summed E-state index contributed by atoms with van der Waals surface area (Å²) in [4.78, 5) is 14.2. The monoisotopic (exact) mass is 340 g/mol. The van der Waals surface area contributed by atoms with E-state index < -0.39 is 0 Å². The summed E-state index contributed by atoms with van der Waals surface area (Å²) in [5.41, 5.74) is 0.716. The molecule has 0 radical (unpaired) electrons. The summed E-state index contributed by atoms with van der Waals surface area (Å²) in [6, 6.07) is 7.49. The molecule has 2 aliphatic rings. The standard InChI is InChI=1S/C17H24N2O3.ClH/c20-17(19-8-10-21-11-9-19)15-3-5-16(6-4-15)22-13-14-2-1-7-18-12-14;/h3-6,14,18H,1-2,7-13H2;1H. The summed E-state index contributed by atoms with van der Waals surface area (Å²) >= 11 is 0. The van der Waals surface area contributed by atoms with Gasteiger partial charge in [0.05, 0.1) is 19.8 Å². The Labute approximate surface area is 143 Å². The predicted molar refractivity (Wildman–Crippen MR) is 91.5 cm³/mol. The summed E-state index contributed by atoms with van der Waals surface area (Å²) in [5.74, 6) is 1.50. The average molecular weight is 341 g/mol. The molecule has 0 aromatic heterocycles. The quantitative estimate of drug-likeness (QED) is 0.910. The zero-order valence-electron chi connectivity index (χ0n) is 13.3. The van der Waals surface area contributed by atoms with Gasteiger partial charge in [-0.15, -0.1) is 12.4 Å². The Morgan fingerprint density at radius 1 is 1.26 bits per heavy atom. The van der Waals surface area contributed by atoms with Crippen molar-refractivity contribution in [2.75, 3.05) is 46.0 Å². The summed E-state index contributed by atoms with van der Waals surface area (Å²) in [6.07, 6.45) is 2.45. The van der Waals surface area contributed by atoms with Crippen molar-refractivity contribution in [3.8, 4) is 5.75 Å². The van der Waals surface area contributed by atoms with E-state index in [4.69, 9.17) is 9.47 Å². The van der Waals surface area contributed by atoms with Gasteiger partial charge < -0.3 is 19.7 Å². The molecule has 1 atom stereocenters. The summed E-state index contributed by atoms with van der Waals surface area (Å²) in [7, 11) is 0. The molecule has 2 aliphatic heterocycles. The lowest BCUT2D eigenvalue weighted by molar-refractivity contribution is 0.0303. The Morgan fingerprint density at radius 3 is 2.65 bits per heavy atom. The number of hydrogen-bond donors (Lipinski definition) is 1. The predicted octanol–water partition coefficient (Wildman–Crippen LogP) is 1.96. The van der Waals surface area contributed by atoms with Gasteiger partial charge in [-0.1, -0.05) is 0 Å². The van der Waals surface area contributed by atoms with E-state index in [0.717, 1.165) is 25.4 Å². The lowest BCUT2D eigenvalue weighted by Gasteiger charge is -2.27. The third-order valence-electron chi connectivity index (χ3n) is 4.28. The molecule has 6 heteroatoms. The van der Waals surface area contributed by atoms with Gasteiger partial charge in [-0.2, -0.15) is 0 Å². The first kappa shape index (κ1) is 18.0. The molecule has 1 amide bonds. The number of hydrogen-bond acceptors (Lipinski definition) is 4. The number of nitrogens with one attached hydrogen (secondary N) is 1. The Hall–Kier alpha value is -1.30. The number of nitrogens with zero attached hydrogens (tertiary/aromatic N) is 1. The van der Waals surface area contributed by atoms with Crippen molar-refractivity contribution in [3.63, 3.8) is 0 Å². The first-order valence-electron chi connectivity index (χ1n) is 8.13. The van der Waals surface area contributed by atoms with Crippen LogP contribution in [0.15, 0.2) is 24.3 Å². The van der Waals surface area contributed by atoms with Crippen molar-refractivity contribution in [1.29, 1.82) is 0 Å². The minimum Gasteiger partial charge on any atom is -0.493 e. The topological polar surface area (TPSA) is 50.8 Å². The third-order valence-corrected chi connectivity index (χ3v) is 4.28. The van der Waals surface area contributed by atoms with Gasteiger partial charge >= 0.3 is 0 Å². The number of amides is 1. The van der Waals surface area contributed by atoms with Crippen LogP contribution < -0.4 is 10.1 Å². The summed E-state index contributed by atoms with van der Waals surface area (Å²) in [5, 5.41) is 3.39. The number of piperidine rings is 1. The molecule has 1 aromatic carbocycles. The number of carbonyl (C=O) groups is 1. The van der Waals surface area contributed by atoms with Crippen LogP contribution in [0.3, 0.4) is 0 Å². The lowest BCUT2D eigenvalue weighted by atomic mass is 10.0. The molecule has 0 bridgehead atoms. The SMILES string of the molecule is Cl.O=C(c1ccc(OCC2CCCNC2)cc1)N1CCOCC1. The summed E-state index contributed by atoms with van der Waals surface area (Å²) in [6.45, 7) is 5.49. The molecule has 0 aliphatic carbocycles. The fourth-order valence-electron chi connectivity index (χ4n) is 2.92. The van der Waals surface area contributed by atoms with E-state index >= 15 is 0 Å². The number of morpholine rings is 1. The average Bonchev–Trinajstić information content (AvgIpc) is 2.61. The Morgan fingerprint density at radius 2 is 2.00 bits per heavy atom. The second-order valence-corrected chi connectivity index (χ2v) is 5.95. The van der Waals surface area contributed by atoms with Gasteiger partial charge in [-0.05, 0) is 43.7 Å². The van der Waals surface area contributed by atoms with Gasteiger partial charge in [0, 0.05) is 31.1 Å². The maximum absolute atomic E-state index is 12.3. The second kappa shape index (κ2) is 9.11. The molecule has 1 aromatic rings. The van der Waals surface area contributed by atoms with Crippen molar-refractivity contribution in [1.82, 2.24) is 10.2 Å². The first-order valence-corrected chi connectivity index (χ1v) is 8.13. The molecule has 2 saturated heterocycles. The molecular formula is C17H25ClN2O3. The van der Waals surface area contributed by atoms with Crippen LogP contribution in [0.2, 0.25) is 0 Å². The van der Waals surface area contributed by atoms with Gasteiger partial charge in [0.15, 0.2) is 0 Å². The smallest absolute Gasteiger partial charge is 0.254 e. The van der Waals surface area contributed by atoms with Crippen LogP contribution in [0.1, 0.15) is 23.2 Å². The first-order chi connectivity index (χ1) is 10.8. The number of halogens is 1. The fourth-order valence-corrected chi connectivity index (χ4v) is 2.92. The van der Waals surface area contributed by atoms with Crippen LogP contribution in [0, 0.1) is 5.92 Å². The van der Waals surface area contributed by atoms with Crippen molar-refractivity contribution >= 4 is 18.3 Å². The highest BCUT2D eigenvalue weighted by molar-refractivity contribution is 5.94. The Kier molecular flexibility index (Phi) is 7.15. The molecule has 23 heavy (non-hydrogen) atoms. The zero-order valence-corrected chi connectivity index (χ0v) is 14.1. The van der Waals surface area contributed by atoms with Crippen LogP contribution >= 0.6 is 12.4 Å². The second-order valence-electron chi connectivity index (χ2n) is 5.95. The van der Waals surface area contributed by atoms with E-state index in [1.165, 1.54) is 12.8 Å². The van der Waals surface area contributed by atoms with E-state index in [2.05, 4.69) is 5.32 Å². The number of ether oxygens (including phenoxy) is 2. The van der Waals surface area contributed by atoms with Gasteiger partial charge in [0.1, 0.15) is 5.75 Å². The largest absolute Gasteiger partial charge is 0.493 e. The number of benzene rings is 1. The molecule has 3 rings (SSSR count). The highest BCUT2D eigenvalue weighted by Crippen LogP contribution is 2.17. The van der Waals surface area contributed by atoms with E-state index in [9.17, 15) is 4.79 Å². The maximum Gasteiger partial charge on any atom is 0.254 e. The van der Waals surface area contributed by atoms with E-state index in [-0.39, 0.29) is 18.3 Å². The maximum atomic E-state index is 12.3. The Bertz CT molecular complexity index is 483. The molecule has 2 heterocycles. The minimum atomic E-state index is 0. The summed E-state index contributed by atoms with van der Waals surface area (Å²) < 4.78 is 11.1. The molecule has 2 fully saturated rings. The van der Waals surface area contributed by atoms with Crippen LogP contribution in [0.4, 0.5) is 0 Å². The van der Waals surface area contributed by atoms with Gasteiger partial charge in [-0.3, -0.25) is 4.79 Å². The number of carbonyl (C=O) groups excluding carboxylic acids is 1. The van der Waals surface area contributed by atoms with Crippen LogP contribution in [-0.2, 0) is 4.74 Å². The van der Waals surface area contributed by atoms with Crippen molar-refractivity contribution in [2.24, 2.45) is 5.92 Å². The van der Waals surface area contributed by atoms with E-state index in [1.807, 2.05) is 29.2 Å². The minimum absolute atomic E-state index is 0. The van der Waals surface area contributed by atoms with E-state index in [0.29, 0.717) is 37.8 Å². The molecule has 5 nitrogen and oxygen atoms in total. The molecule has 0 spiro atoms. The van der Waals surface area contributed by atoms with Crippen LogP contribution in [-0.4, -0.2) is 56.8 Å². The van der Waals surface area contributed by atoms with Crippen LogP contribution in [0.25, 0.3) is 0 Å². The molecule has 0 saturated carbocycles. The van der Waals surface area contributed by atoms with Crippen LogP contribution in [0.5, 0.6) is 5.75 Å². The zero-order chi connectivity index (χ0) is 15.2. The Balaban J connectivity index is 0.00000192. The molecule has 1 N–H and O–H groups in total. The lowest BCUT2D eigenvalue weighted by Crippen LogP contribution is -2.40. The normalized spacial score (nSPS) is 21.4.